The van der Waals surface area contributed by atoms with Crippen LogP contribution in [0.5, 0.6) is 0 Å². The molecule has 0 aliphatic heterocycles. The minimum Gasteiger partial charge on any atom is -0.375 e. The number of fused-ring (bicyclic) bond motifs is 1. The zero-order chi connectivity index (χ0) is 15.8. The van der Waals surface area contributed by atoms with E-state index in [0.717, 1.165) is 21.3 Å². The van der Waals surface area contributed by atoms with Gasteiger partial charge in [0.15, 0.2) is 5.13 Å². The Labute approximate surface area is 135 Å². The number of hydrogen-bond donors (Lipinski definition) is 1. The molecule has 0 amide bonds. The second kappa shape index (κ2) is 5.40. The first-order chi connectivity index (χ1) is 11.2. The Morgan fingerprint density at radius 3 is 2.70 bits per heavy atom. The van der Waals surface area contributed by atoms with Crippen LogP contribution in [0, 0.1) is 5.82 Å². The third-order valence-corrected chi connectivity index (χ3v) is 4.45. The van der Waals surface area contributed by atoms with Gasteiger partial charge in [0.05, 0.1) is 10.2 Å². The monoisotopic (exact) mass is 322 g/mol. The number of benzene rings is 1. The van der Waals surface area contributed by atoms with Gasteiger partial charge in [0, 0.05) is 29.7 Å². The van der Waals surface area contributed by atoms with E-state index in [0.29, 0.717) is 16.4 Å². The Balaban J connectivity index is 2.04. The summed E-state index contributed by atoms with van der Waals surface area (Å²) in [6.07, 6.45) is 5.04. The summed E-state index contributed by atoms with van der Waals surface area (Å²) < 4.78 is 15.0. The number of thiazole rings is 1. The van der Waals surface area contributed by atoms with Gasteiger partial charge in [-0.3, -0.25) is 9.97 Å². The molecule has 3 aromatic heterocycles. The standard InChI is InChI=1S/C17H11FN4S/c18-13-4-2-6-21-15(13)12-7-11(10-3-1-5-20-9-10)8-14-16(12)23-17(19)22-14/h1-9H,(H2,19,22). The maximum Gasteiger partial charge on any atom is 0.181 e. The van der Waals surface area contributed by atoms with Crippen molar-refractivity contribution in [2.75, 3.05) is 5.73 Å². The number of anilines is 1. The van der Waals surface area contributed by atoms with Crippen LogP contribution in [0.3, 0.4) is 0 Å². The minimum atomic E-state index is -0.371. The number of rotatable bonds is 2. The fourth-order valence-electron chi connectivity index (χ4n) is 2.51. The highest BCUT2D eigenvalue weighted by Gasteiger charge is 2.15. The lowest BCUT2D eigenvalue weighted by Gasteiger charge is -2.07. The first-order valence-electron chi connectivity index (χ1n) is 6.94. The molecule has 112 valence electrons. The smallest absolute Gasteiger partial charge is 0.181 e. The molecule has 0 saturated carbocycles. The van der Waals surface area contributed by atoms with Crippen LogP contribution in [0.4, 0.5) is 9.52 Å². The Bertz CT molecular complexity index is 998. The molecular weight excluding hydrogens is 311 g/mol. The number of pyridine rings is 2. The van der Waals surface area contributed by atoms with Gasteiger partial charge in [-0.25, -0.2) is 9.37 Å². The number of nitrogens with two attached hydrogens (primary N) is 1. The van der Waals surface area contributed by atoms with Crippen LogP contribution in [-0.2, 0) is 0 Å². The third kappa shape index (κ3) is 2.43. The minimum absolute atomic E-state index is 0.298. The van der Waals surface area contributed by atoms with Gasteiger partial charge in [-0.2, -0.15) is 0 Å². The van der Waals surface area contributed by atoms with E-state index in [-0.39, 0.29) is 5.82 Å². The average molecular weight is 322 g/mol. The Morgan fingerprint density at radius 1 is 1.04 bits per heavy atom. The van der Waals surface area contributed by atoms with Crippen LogP contribution < -0.4 is 5.73 Å². The van der Waals surface area contributed by atoms with Gasteiger partial charge in [-0.1, -0.05) is 17.4 Å². The molecule has 3 heterocycles. The van der Waals surface area contributed by atoms with E-state index in [1.807, 2.05) is 24.3 Å². The summed E-state index contributed by atoms with van der Waals surface area (Å²) in [5.41, 5.74) is 9.39. The normalized spacial score (nSPS) is 11.0. The van der Waals surface area contributed by atoms with E-state index >= 15 is 0 Å². The number of nitrogen functional groups attached to an aromatic ring is 1. The zero-order valence-electron chi connectivity index (χ0n) is 11.9. The third-order valence-electron chi connectivity index (χ3n) is 3.52. The van der Waals surface area contributed by atoms with Crippen molar-refractivity contribution in [3.63, 3.8) is 0 Å². The van der Waals surface area contributed by atoms with Crippen molar-refractivity contribution in [3.8, 4) is 22.4 Å². The second-order valence-corrected chi connectivity index (χ2v) is 6.03. The molecule has 6 heteroatoms. The van der Waals surface area contributed by atoms with E-state index in [2.05, 4.69) is 15.0 Å². The molecule has 0 aliphatic carbocycles. The molecule has 0 fully saturated rings. The van der Waals surface area contributed by atoms with Crippen LogP contribution in [0.25, 0.3) is 32.6 Å². The predicted molar refractivity (Wildman–Crippen MR) is 90.5 cm³/mol. The van der Waals surface area contributed by atoms with Gasteiger partial charge in [0.25, 0.3) is 0 Å². The largest absolute Gasteiger partial charge is 0.375 e. The Morgan fingerprint density at radius 2 is 1.91 bits per heavy atom. The molecule has 0 bridgehead atoms. The maximum atomic E-state index is 14.2. The molecule has 4 rings (SSSR count). The molecular formula is C17H11FN4S. The maximum absolute atomic E-state index is 14.2. The van der Waals surface area contributed by atoms with Crippen molar-refractivity contribution in [2.24, 2.45) is 0 Å². The van der Waals surface area contributed by atoms with Crippen molar-refractivity contribution in [1.29, 1.82) is 0 Å². The highest BCUT2D eigenvalue weighted by Crippen LogP contribution is 2.37. The average Bonchev–Trinajstić information content (AvgIpc) is 2.95. The quantitative estimate of drug-likeness (QED) is 0.602. The van der Waals surface area contributed by atoms with Crippen molar-refractivity contribution < 1.29 is 4.39 Å². The highest BCUT2D eigenvalue weighted by molar-refractivity contribution is 7.22. The van der Waals surface area contributed by atoms with Gasteiger partial charge in [-0.05, 0) is 35.9 Å². The van der Waals surface area contributed by atoms with Crippen molar-refractivity contribution >= 4 is 26.7 Å². The number of aromatic nitrogens is 3. The number of hydrogen-bond acceptors (Lipinski definition) is 5. The fourth-order valence-corrected chi connectivity index (χ4v) is 3.34. The van der Waals surface area contributed by atoms with Crippen molar-refractivity contribution in [1.82, 2.24) is 15.0 Å². The Hall–Kier alpha value is -2.86. The van der Waals surface area contributed by atoms with Gasteiger partial charge in [-0.15, -0.1) is 0 Å². The molecule has 0 saturated heterocycles. The molecule has 1 aromatic carbocycles. The zero-order valence-corrected chi connectivity index (χ0v) is 12.7. The molecule has 23 heavy (non-hydrogen) atoms. The van der Waals surface area contributed by atoms with Crippen LogP contribution in [0.1, 0.15) is 0 Å². The summed E-state index contributed by atoms with van der Waals surface area (Å²) in [6, 6.07) is 10.6. The second-order valence-electron chi connectivity index (χ2n) is 5.00. The summed E-state index contributed by atoms with van der Waals surface area (Å²) in [6.45, 7) is 0. The predicted octanol–water partition coefficient (Wildman–Crippen LogP) is 4.14. The summed E-state index contributed by atoms with van der Waals surface area (Å²) in [7, 11) is 0. The van der Waals surface area contributed by atoms with Gasteiger partial charge in [0.1, 0.15) is 11.5 Å². The summed E-state index contributed by atoms with van der Waals surface area (Å²) in [5.74, 6) is -0.371. The molecule has 4 nitrogen and oxygen atoms in total. The topological polar surface area (TPSA) is 64.7 Å². The van der Waals surface area contributed by atoms with Crippen LogP contribution in [-0.4, -0.2) is 15.0 Å². The number of nitrogens with zero attached hydrogens (tertiary/aromatic N) is 3. The molecule has 4 aromatic rings. The molecule has 0 aliphatic rings. The summed E-state index contributed by atoms with van der Waals surface area (Å²) in [4.78, 5) is 12.7. The van der Waals surface area contributed by atoms with E-state index < -0.39 is 0 Å². The molecule has 0 spiro atoms. The van der Waals surface area contributed by atoms with Gasteiger partial charge >= 0.3 is 0 Å². The summed E-state index contributed by atoms with van der Waals surface area (Å²) >= 11 is 1.33. The molecule has 0 radical (unpaired) electrons. The van der Waals surface area contributed by atoms with Gasteiger partial charge < -0.3 is 5.73 Å². The van der Waals surface area contributed by atoms with Crippen LogP contribution in [0.15, 0.2) is 55.0 Å². The number of halogens is 1. The first-order valence-corrected chi connectivity index (χ1v) is 7.75. The SMILES string of the molecule is Nc1nc2cc(-c3cccnc3)cc(-c3ncccc3F)c2s1. The molecule has 0 unspecified atom stereocenters. The summed E-state index contributed by atoms with van der Waals surface area (Å²) in [5, 5.41) is 0.445. The Kier molecular flexibility index (Phi) is 3.24. The van der Waals surface area contributed by atoms with E-state index in [4.69, 9.17) is 5.73 Å². The van der Waals surface area contributed by atoms with E-state index in [1.54, 1.807) is 24.7 Å². The lowest BCUT2D eigenvalue weighted by molar-refractivity contribution is 0.626. The van der Waals surface area contributed by atoms with Crippen molar-refractivity contribution in [3.05, 3.63) is 60.8 Å². The molecule has 2 N–H and O–H groups in total. The van der Waals surface area contributed by atoms with Crippen molar-refractivity contribution in [2.45, 2.75) is 0 Å². The highest BCUT2D eigenvalue weighted by atomic mass is 32.1. The fraction of sp³-hybridized carbons (Fsp3) is 0. The van der Waals surface area contributed by atoms with E-state index in [1.165, 1.54) is 17.4 Å². The van der Waals surface area contributed by atoms with Crippen LogP contribution >= 0.6 is 11.3 Å². The first kappa shape index (κ1) is 13.8. The lowest BCUT2D eigenvalue weighted by Crippen LogP contribution is -1.90. The van der Waals surface area contributed by atoms with Crippen LogP contribution in [0.2, 0.25) is 0 Å². The van der Waals surface area contributed by atoms with Gasteiger partial charge in [0.2, 0.25) is 0 Å². The lowest BCUT2D eigenvalue weighted by atomic mass is 10.0. The molecule has 0 atom stereocenters. The van der Waals surface area contributed by atoms with E-state index in [9.17, 15) is 4.39 Å².